The van der Waals surface area contributed by atoms with E-state index in [0.717, 1.165) is 35.1 Å². The summed E-state index contributed by atoms with van der Waals surface area (Å²) in [4.78, 5) is 20.2. The molecule has 6 rings (SSSR count). The average molecular weight is 545 g/mol. The first-order chi connectivity index (χ1) is 19.9. The lowest BCUT2D eigenvalue weighted by molar-refractivity contribution is 0.0735. The van der Waals surface area contributed by atoms with Crippen molar-refractivity contribution in [2.75, 3.05) is 12.3 Å². The third-order valence-corrected chi connectivity index (χ3v) is 7.61. The molecular formula is C33H32N6O2. The molecule has 41 heavy (non-hydrogen) atoms. The van der Waals surface area contributed by atoms with Gasteiger partial charge in [0.15, 0.2) is 0 Å². The lowest BCUT2D eigenvalue weighted by Crippen LogP contribution is -2.35. The number of nitrogens with two attached hydrogens (primary N) is 2. The van der Waals surface area contributed by atoms with E-state index < -0.39 is 5.54 Å². The fraction of sp³-hybridized carbons (Fsp3) is 0.212. The summed E-state index contributed by atoms with van der Waals surface area (Å²) in [6, 6.07) is 27.1. The fourth-order valence-corrected chi connectivity index (χ4v) is 5.55. The Hall–Kier alpha value is -4.82. The first-order valence-electron chi connectivity index (χ1n) is 13.8. The van der Waals surface area contributed by atoms with Crippen LogP contribution >= 0.6 is 0 Å². The van der Waals surface area contributed by atoms with Crippen LogP contribution in [0.3, 0.4) is 0 Å². The van der Waals surface area contributed by atoms with Crippen LogP contribution in [0.5, 0.6) is 0 Å². The van der Waals surface area contributed by atoms with Gasteiger partial charge in [-0.15, -0.1) is 10.2 Å². The number of amides is 1. The molecule has 0 spiro atoms. The summed E-state index contributed by atoms with van der Waals surface area (Å²) < 4.78 is 6.17. The van der Waals surface area contributed by atoms with E-state index in [-0.39, 0.29) is 11.9 Å². The van der Waals surface area contributed by atoms with Gasteiger partial charge < -0.3 is 20.8 Å². The van der Waals surface area contributed by atoms with Gasteiger partial charge in [-0.3, -0.25) is 9.78 Å². The number of hydrogen-bond donors (Lipinski definition) is 2. The molecule has 4 N–H and O–H groups in total. The molecule has 0 aliphatic carbocycles. The van der Waals surface area contributed by atoms with Crippen LogP contribution in [-0.2, 0) is 12.0 Å². The van der Waals surface area contributed by atoms with Crippen LogP contribution in [0.1, 0.15) is 53.2 Å². The summed E-state index contributed by atoms with van der Waals surface area (Å²) in [5, 5.41) is 8.67. The topological polar surface area (TPSA) is 124 Å². The molecule has 1 fully saturated rings. The molecule has 1 amide bonds. The summed E-state index contributed by atoms with van der Waals surface area (Å²) in [7, 11) is 0. The number of carbonyl (C=O) groups is 1. The molecule has 1 saturated heterocycles. The molecular weight excluding hydrogens is 512 g/mol. The summed E-state index contributed by atoms with van der Waals surface area (Å²) in [6.45, 7) is 2.54. The zero-order chi connectivity index (χ0) is 28.4. The summed E-state index contributed by atoms with van der Waals surface area (Å²) in [5.41, 5.74) is 17.6. The van der Waals surface area contributed by atoms with Crippen molar-refractivity contribution in [3.05, 3.63) is 120 Å². The van der Waals surface area contributed by atoms with Crippen molar-refractivity contribution in [1.82, 2.24) is 20.1 Å². The van der Waals surface area contributed by atoms with Gasteiger partial charge in [-0.25, -0.2) is 0 Å². The van der Waals surface area contributed by atoms with Gasteiger partial charge in [0.1, 0.15) is 0 Å². The van der Waals surface area contributed by atoms with Gasteiger partial charge in [0.2, 0.25) is 11.8 Å². The van der Waals surface area contributed by atoms with Crippen molar-refractivity contribution in [3.8, 4) is 22.6 Å². The molecule has 2 aromatic heterocycles. The Kier molecular flexibility index (Phi) is 7.07. The number of para-hydroxylation sites is 1. The third-order valence-electron chi connectivity index (χ3n) is 7.61. The Morgan fingerprint density at radius 3 is 2.56 bits per heavy atom. The quantitative estimate of drug-likeness (QED) is 0.249. The molecule has 8 heteroatoms. The Morgan fingerprint density at radius 1 is 1.00 bits per heavy atom. The Labute approximate surface area is 239 Å². The van der Waals surface area contributed by atoms with Crippen LogP contribution in [0.4, 0.5) is 5.69 Å². The molecule has 5 aromatic rings. The first-order valence-corrected chi connectivity index (χ1v) is 13.8. The van der Waals surface area contributed by atoms with Crippen LogP contribution in [0.25, 0.3) is 22.6 Å². The third kappa shape index (κ3) is 5.47. The zero-order valence-electron chi connectivity index (χ0n) is 22.9. The minimum atomic E-state index is -0.876. The fourth-order valence-electron chi connectivity index (χ4n) is 5.55. The first kappa shape index (κ1) is 26.4. The molecule has 2 atom stereocenters. The highest BCUT2D eigenvalue weighted by atomic mass is 16.4. The van der Waals surface area contributed by atoms with E-state index in [1.165, 1.54) is 0 Å². The number of rotatable bonds is 7. The van der Waals surface area contributed by atoms with Crippen LogP contribution < -0.4 is 11.5 Å². The smallest absolute Gasteiger partial charge is 0.254 e. The minimum absolute atomic E-state index is 0.0314. The molecule has 3 aromatic carbocycles. The Morgan fingerprint density at radius 2 is 1.78 bits per heavy atom. The second-order valence-electron chi connectivity index (χ2n) is 10.8. The van der Waals surface area contributed by atoms with Gasteiger partial charge in [0, 0.05) is 41.3 Å². The maximum atomic E-state index is 14.0. The van der Waals surface area contributed by atoms with Gasteiger partial charge in [0.05, 0.1) is 11.6 Å². The number of aromatic nitrogens is 3. The normalized spacial score (nSPS) is 16.4. The number of benzene rings is 3. The summed E-state index contributed by atoms with van der Waals surface area (Å²) >= 11 is 0. The van der Waals surface area contributed by atoms with E-state index in [0.29, 0.717) is 41.6 Å². The van der Waals surface area contributed by atoms with Crippen molar-refractivity contribution in [2.45, 2.75) is 37.8 Å². The molecule has 3 heterocycles. The van der Waals surface area contributed by atoms with Gasteiger partial charge in [-0.05, 0) is 73.2 Å². The van der Waals surface area contributed by atoms with Crippen molar-refractivity contribution >= 4 is 11.6 Å². The number of pyridine rings is 1. The van der Waals surface area contributed by atoms with E-state index in [4.69, 9.17) is 15.9 Å². The standard InChI is InChI=1S/C33H32N6O2/c1-33(35,20-22-9-3-2-4-10-22)32-38-37-30(41-32)25-17-24(27-12-5-6-13-28(27)34)18-26(19-25)31(40)39-16-8-14-29(39)23-11-7-15-36-21-23/h2-7,9-13,15,17-19,21,29H,8,14,16,20,34-35H2,1H3/t29?,33-/m1/s1. The molecule has 1 unspecified atom stereocenters. The second kappa shape index (κ2) is 11.0. The van der Waals surface area contributed by atoms with E-state index in [1.807, 2.05) is 103 Å². The van der Waals surface area contributed by atoms with Crippen molar-refractivity contribution in [1.29, 1.82) is 0 Å². The van der Waals surface area contributed by atoms with Gasteiger partial charge >= 0.3 is 0 Å². The maximum Gasteiger partial charge on any atom is 0.254 e. The number of carbonyl (C=O) groups excluding carboxylic acids is 1. The van der Waals surface area contributed by atoms with Crippen molar-refractivity contribution in [2.24, 2.45) is 5.73 Å². The monoisotopic (exact) mass is 544 g/mol. The predicted molar refractivity (Wildman–Crippen MR) is 159 cm³/mol. The van der Waals surface area contributed by atoms with Crippen LogP contribution in [0.2, 0.25) is 0 Å². The van der Waals surface area contributed by atoms with E-state index in [1.54, 1.807) is 6.20 Å². The number of nitrogen functional groups attached to an aromatic ring is 1. The summed E-state index contributed by atoms with van der Waals surface area (Å²) in [6.07, 6.45) is 5.92. The number of anilines is 1. The minimum Gasteiger partial charge on any atom is -0.419 e. The van der Waals surface area contributed by atoms with E-state index >= 15 is 0 Å². The van der Waals surface area contributed by atoms with Gasteiger partial charge in [-0.2, -0.15) is 0 Å². The van der Waals surface area contributed by atoms with Gasteiger partial charge in [-0.1, -0.05) is 54.6 Å². The second-order valence-corrected chi connectivity index (χ2v) is 10.8. The Bertz CT molecular complexity index is 1670. The molecule has 1 aliphatic rings. The molecule has 1 aliphatic heterocycles. The number of hydrogen-bond acceptors (Lipinski definition) is 7. The van der Waals surface area contributed by atoms with Crippen molar-refractivity contribution < 1.29 is 9.21 Å². The highest BCUT2D eigenvalue weighted by molar-refractivity contribution is 5.98. The lowest BCUT2D eigenvalue weighted by atomic mass is 9.94. The average Bonchev–Trinajstić information content (AvgIpc) is 3.69. The van der Waals surface area contributed by atoms with Crippen LogP contribution in [-0.4, -0.2) is 32.5 Å². The molecule has 0 radical (unpaired) electrons. The van der Waals surface area contributed by atoms with Crippen LogP contribution in [0, 0.1) is 0 Å². The highest BCUT2D eigenvalue weighted by Crippen LogP contribution is 2.36. The molecule has 206 valence electrons. The van der Waals surface area contributed by atoms with E-state index in [2.05, 4.69) is 15.2 Å². The number of likely N-dealkylation sites (tertiary alicyclic amines) is 1. The van der Waals surface area contributed by atoms with Gasteiger partial charge in [0.25, 0.3) is 5.91 Å². The van der Waals surface area contributed by atoms with Crippen LogP contribution in [0.15, 0.2) is 102 Å². The largest absolute Gasteiger partial charge is 0.419 e. The number of nitrogens with zero attached hydrogens (tertiary/aromatic N) is 4. The lowest BCUT2D eigenvalue weighted by Gasteiger charge is -2.25. The molecule has 0 saturated carbocycles. The molecule has 8 nitrogen and oxygen atoms in total. The Balaban J connectivity index is 1.38. The van der Waals surface area contributed by atoms with E-state index in [9.17, 15) is 4.79 Å². The molecule has 0 bridgehead atoms. The maximum absolute atomic E-state index is 14.0. The predicted octanol–water partition coefficient (Wildman–Crippen LogP) is 5.77. The SMILES string of the molecule is C[C@@](N)(Cc1ccccc1)c1nnc(-c2cc(C(=O)N3CCCC3c3cccnc3)cc(-c3ccccc3N)c2)o1. The van der Waals surface area contributed by atoms with Crippen molar-refractivity contribution in [3.63, 3.8) is 0 Å². The zero-order valence-corrected chi connectivity index (χ0v) is 22.9. The summed E-state index contributed by atoms with van der Waals surface area (Å²) in [5.74, 6) is 0.548. The highest BCUT2D eigenvalue weighted by Gasteiger charge is 2.32.